The topological polar surface area (TPSA) is 76.5 Å². The molecule has 0 atom stereocenters. The van der Waals surface area contributed by atoms with Crippen molar-refractivity contribution in [2.24, 2.45) is 0 Å². The van der Waals surface area contributed by atoms with Gasteiger partial charge in [-0.2, -0.15) is 0 Å². The number of halogens is 1. The van der Waals surface area contributed by atoms with Crippen LogP contribution in [-0.4, -0.2) is 29.1 Å². The van der Waals surface area contributed by atoms with Crippen molar-refractivity contribution >= 4 is 6.09 Å². The largest absolute Gasteiger partial charge is 1.00 e. The summed E-state index contributed by atoms with van der Waals surface area (Å²) in [6.07, 6.45) is 0.289. The molecular formula is C11H16ClN3O3. The molecule has 1 amide bonds. The van der Waals surface area contributed by atoms with Crippen LogP contribution in [0.4, 0.5) is 4.79 Å². The van der Waals surface area contributed by atoms with Gasteiger partial charge in [-0.25, -0.2) is 19.6 Å². The van der Waals surface area contributed by atoms with E-state index in [1.807, 2.05) is 0 Å². The minimum Gasteiger partial charge on any atom is -1.00 e. The maximum Gasteiger partial charge on any atom is 0.410 e. The van der Waals surface area contributed by atoms with Crippen molar-refractivity contribution in [2.45, 2.75) is 26.8 Å². The molecule has 2 N–H and O–H groups in total. The fourth-order valence-electron chi connectivity index (χ4n) is 1.98. The van der Waals surface area contributed by atoms with Crippen molar-refractivity contribution in [3.63, 3.8) is 0 Å². The number of amides is 1. The molecule has 1 aliphatic heterocycles. The Morgan fingerprint density at radius 1 is 1.56 bits per heavy atom. The van der Waals surface area contributed by atoms with Gasteiger partial charge in [-0.3, -0.25) is 0 Å². The summed E-state index contributed by atoms with van der Waals surface area (Å²) >= 11 is 0. The predicted octanol–water partition coefficient (Wildman–Crippen LogP) is -2.98. The zero-order valence-corrected chi connectivity index (χ0v) is 11.1. The number of aryl methyl sites for hydroxylation is 1. The summed E-state index contributed by atoms with van der Waals surface area (Å²) < 4.78 is 4.92. The van der Waals surface area contributed by atoms with E-state index < -0.39 is 0 Å². The molecule has 0 spiro atoms. The van der Waals surface area contributed by atoms with Crippen LogP contribution < -0.4 is 23.0 Å². The van der Waals surface area contributed by atoms with Gasteiger partial charge < -0.3 is 22.0 Å². The molecule has 1 aliphatic rings. The molecular weight excluding hydrogens is 258 g/mol. The first-order valence-corrected chi connectivity index (χ1v) is 5.67. The molecule has 2 rings (SSSR count). The zero-order valence-electron chi connectivity index (χ0n) is 10.4. The van der Waals surface area contributed by atoms with E-state index in [0.29, 0.717) is 31.7 Å². The molecule has 18 heavy (non-hydrogen) atoms. The second kappa shape index (κ2) is 5.86. The Balaban J connectivity index is 0.00000162. The molecule has 1 aromatic rings. The quantitative estimate of drug-likeness (QED) is 0.593. The summed E-state index contributed by atoms with van der Waals surface area (Å²) in [7, 11) is 0. The van der Waals surface area contributed by atoms with Crippen LogP contribution in [0, 0.1) is 6.92 Å². The van der Waals surface area contributed by atoms with Crippen LogP contribution in [-0.2, 0) is 17.7 Å². The number of carbonyl (C=O) groups excluding carboxylic acids is 1. The Morgan fingerprint density at radius 3 is 2.94 bits per heavy atom. The third-order valence-electron chi connectivity index (χ3n) is 2.78. The van der Waals surface area contributed by atoms with Gasteiger partial charge in [0, 0.05) is 19.9 Å². The molecule has 0 unspecified atom stereocenters. The summed E-state index contributed by atoms with van der Waals surface area (Å²) in [6, 6.07) is 0. The second-order valence-electron chi connectivity index (χ2n) is 4.03. The normalized spacial score (nSPS) is 13.6. The van der Waals surface area contributed by atoms with Gasteiger partial charge in [0.2, 0.25) is 0 Å². The van der Waals surface area contributed by atoms with Crippen molar-refractivity contribution in [1.82, 2.24) is 9.88 Å². The predicted molar refractivity (Wildman–Crippen MR) is 59.5 cm³/mol. The molecule has 100 valence electrons. The maximum atomic E-state index is 11.8. The monoisotopic (exact) mass is 273 g/mol. The number of H-pyrrole nitrogens is 2. The number of ether oxygens (including phenoxy) is 1. The summed E-state index contributed by atoms with van der Waals surface area (Å²) in [6.45, 7) is 4.79. The number of fused-ring (bicyclic) bond motifs is 1. The van der Waals surface area contributed by atoms with Gasteiger partial charge in [0.15, 0.2) is 0 Å². The Bertz CT molecular complexity index is 501. The fraction of sp³-hybridized carbons (Fsp3) is 0.545. The van der Waals surface area contributed by atoms with Crippen LogP contribution in [0.3, 0.4) is 0 Å². The van der Waals surface area contributed by atoms with Crippen LogP contribution in [0.1, 0.15) is 24.0 Å². The minimum atomic E-state index is -0.363. The van der Waals surface area contributed by atoms with Crippen LogP contribution in [0.15, 0.2) is 4.79 Å². The molecule has 6 nitrogen and oxygen atoms in total. The zero-order chi connectivity index (χ0) is 12.4. The first kappa shape index (κ1) is 14.5. The third-order valence-corrected chi connectivity index (χ3v) is 2.78. The highest BCUT2D eigenvalue weighted by molar-refractivity contribution is 5.67. The van der Waals surface area contributed by atoms with E-state index in [1.54, 1.807) is 18.7 Å². The van der Waals surface area contributed by atoms with Crippen molar-refractivity contribution in [3.8, 4) is 0 Å². The van der Waals surface area contributed by atoms with Crippen LogP contribution >= 0.6 is 0 Å². The van der Waals surface area contributed by atoms with E-state index in [-0.39, 0.29) is 24.1 Å². The molecule has 7 heteroatoms. The molecule has 0 fully saturated rings. The molecule has 0 radical (unpaired) electrons. The average Bonchev–Trinajstić information content (AvgIpc) is 2.28. The average molecular weight is 274 g/mol. The number of nitrogens with zero attached hydrogens (tertiary/aromatic N) is 1. The number of rotatable bonds is 1. The van der Waals surface area contributed by atoms with Crippen LogP contribution in [0.5, 0.6) is 0 Å². The van der Waals surface area contributed by atoms with Gasteiger partial charge in [-0.1, -0.05) is 0 Å². The van der Waals surface area contributed by atoms with E-state index >= 15 is 0 Å². The molecule has 2 heterocycles. The summed E-state index contributed by atoms with van der Waals surface area (Å²) in [4.78, 5) is 30.7. The highest BCUT2D eigenvalue weighted by Crippen LogP contribution is 2.12. The SMILES string of the molecule is CCOC(=O)N1CCc2[nH+]c(C)[nH]c(=O)c2C1.[Cl-]. The van der Waals surface area contributed by atoms with Crippen molar-refractivity contribution in [1.29, 1.82) is 0 Å². The number of hydrogen-bond donors (Lipinski definition) is 1. The van der Waals surface area contributed by atoms with E-state index in [9.17, 15) is 9.59 Å². The van der Waals surface area contributed by atoms with Crippen LogP contribution in [0.2, 0.25) is 0 Å². The van der Waals surface area contributed by atoms with E-state index in [4.69, 9.17) is 4.74 Å². The second-order valence-corrected chi connectivity index (χ2v) is 4.03. The van der Waals surface area contributed by atoms with E-state index in [0.717, 1.165) is 11.5 Å². The first-order chi connectivity index (χ1) is 8.11. The van der Waals surface area contributed by atoms with E-state index in [2.05, 4.69) is 9.97 Å². The Morgan fingerprint density at radius 2 is 2.28 bits per heavy atom. The number of carbonyl (C=O) groups is 1. The standard InChI is InChI=1S/C11H15N3O3.ClH/c1-3-17-11(16)14-5-4-9-8(6-14)10(15)13-7(2)12-9;/h3-6H2,1-2H3,(H,12,13,15);1H. The smallest absolute Gasteiger partial charge is 0.410 e. The van der Waals surface area contributed by atoms with Gasteiger partial charge >= 0.3 is 11.7 Å². The molecule has 0 aromatic carbocycles. The summed E-state index contributed by atoms with van der Waals surface area (Å²) in [5, 5.41) is 0. The lowest BCUT2D eigenvalue weighted by molar-refractivity contribution is -0.406. The number of aromatic nitrogens is 2. The number of aromatic amines is 2. The van der Waals surface area contributed by atoms with Gasteiger partial charge in [-0.05, 0) is 6.92 Å². The lowest BCUT2D eigenvalue weighted by atomic mass is 10.1. The molecule has 0 bridgehead atoms. The Kier molecular flexibility index (Phi) is 4.72. The minimum absolute atomic E-state index is 0. The lowest BCUT2D eigenvalue weighted by Crippen LogP contribution is -3.00. The highest BCUT2D eigenvalue weighted by atomic mass is 35.5. The number of hydrogen-bond acceptors (Lipinski definition) is 3. The number of nitrogens with one attached hydrogen (secondary N) is 2. The first-order valence-electron chi connectivity index (χ1n) is 5.67. The Hall–Kier alpha value is -1.56. The molecule has 0 saturated carbocycles. The van der Waals surface area contributed by atoms with Gasteiger partial charge in [0.25, 0.3) is 5.82 Å². The van der Waals surface area contributed by atoms with Crippen molar-refractivity contribution in [3.05, 3.63) is 27.4 Å². The maximum absolute atomic E-state index is 11.8. The Labute approximate surface area is 111 Å². The highest BCUT2D eigenvalue weighted by Gasteiger charge is 2.27. The molecule has 0 aliphatic carbocycles. The van der Waals surface area contributed by atoms with Gasteiger partial charge in [-0.15, -0.1) is 0 Å². The summed E-state index contributed by atoms with van der Waals surface area (Å²) in [5.74, 6) is 0.735. The molecule has 0 saturated heterocycles. The fourth-order valence-corrected chi connectivity index (χ4v) is 1.98. The lowest BCUT2D eigenvalue weighted by Gasteiger charge is -2.25. The van der Waals surface area contributed by atoms with Crippen molar-refractivity contribution < 1.29 is 26.9 Å². The van der Waals surface area contributed by atoms with Crippen molar-refractivity contribution in [2.75, 3.05) is 13.2 Å². The molecule has 1 aromatic heterocycles. The summed E-state index contributed by atoms with van der Waals surface area (Å²) in [5.41, 5.74) is 1.40. The van der Waals surface area contributed by atoms with Gasteiger partial charge in [0.1, 0.15) is 11.3 Å². The van der Waals surface area contributed by atoms with E-state index in [1.165, 1.54) is 0 Å². The van der Waals surface area contributed by atoms with Gasteiger partial charge in [0.05, 0.1) is 13.2 Å². The van der Waals surface area contributed by atoms with Crippen LogP contribution in [0.25, 0.3) is 0 Å². The third kappa shape index (κ3) is 2.81.